The van der Waals surface area contributed by atoms with E-state index in [1.807, 2.05) is 77.1 Å². The molecule has 4 fully saturated rings. The fraction of sp³-hybridized carbons (Fsp3) is 0.796. The van der Waals surface area contributed by atoms with E-state index in [-0.39, 0.29) is 41.8 Å². The molecule has 0 saturated carbocycles. The molecule has 0 aromatic heterocycles. The Morgan fingerprint density at radius 2 is 1.61 bits per heavy atom. The summed E-state index contributed by atoms with van der Waals surface area (Å²) in [5.41, 5.74) is 2.68. The van der Waals surface area contributed by atoms with Gasteiger partial charge in [-0.2, -0.15) is 5.48 Å². The van der Waals surface area contributed by atoms with E-state index in [4.69, 9.17) is 28.5 Å². The Morgan fingerprint density at radius 1 is 0.902 bits per heavy atom. The number of carboxylic acid groups (broad SMARTS) is 1. The van der Waals surface area contributed by atoms with Crippen LogP contribution >= 0.6 is 0 Å². The van der Waals surface area contributed by atoms with Gasteiger partial charge in [-0.15, -0.1) is 0 Å². The number of aliphatic carboxylic acids is 1. The molecule has 4 saturated heterocycles. The van der Waals surface area contributed by atoms with Crippen LogP contribution in [-0.4, -0.2) is 92.5 Å². The molecule has 0 amide bonds. The molecule has 2 spiro atoms. The predicted octanol–water partition coefficient (Wildman–Crippen LogP) is 7.92. The number of carbonyl (C=O) groups is 2. The third kappa shape index (κ3) is 9.74. The van der Waals surface area contributed by atoms with Gasteiger partial charge in [0.05, 0.1) is 60.4 Å². The molecule has 1 aromatic rings. The fourth-order valence-corrected chi connectivity index (χ4v) is 11.4. The Labute approximate surface area is 364 Å². The van der Waals surface area contributed by atoms with Crippen LogP contribution in [0.25, 0.3) is 0 Å². The summed E-state index contributed by atoms with van der Waals surface area (Å²) in [7, 11) is 0. The summed E-state index contributed by atoms with van der Waals surface area (Å²) < 4.78 is 34.7. The van der Waals surface area contributed by atoms with Gasteiger partial charge in [-0.05, 0) is 95.1 Å². The molecule has 5 aliphatic heterocycles. The number of rotatable bonds is 16. The van der Waals surface area contributed by atoms with Crippen molar-refractivity contribution in [3.05, 3.63) is 48.0 Å². The van der Waals surface area contributed by atoms with E-state index in [1.54, 1.807) is 6.92 Å². The van der Waals surface area contributed by atoms with Crippen molar-refractivity contribution >= 4 is 11.8 Å². The molecule has 4 N–H and O–H groups in total. The Bertz CT molecular complexity index is 1660. The first-order chi connectivity index (χ1) is 28.9. The zero-order valence-electron chi connectivity index (χ0n) is 38.5. The highest BCUT2D eigenvalue weighted by molar-refractivity contribution is 5.84. The van der Waals surface area contributed by atoms with Gasteiger partial charge in [0.2, 0.25) is 0 Å². The zero-order valence-corrected chi connectivity index (χ0v) is 38.5. The molecule has 5 aliphatic rings. The molecule has 6 rings (SSSR count). The highest BCUT2D eigenvalue weighted by Gasteiger charge is 2.63. The van der Waals surface area contributed by atoms with Gasteiger partial charge in [0.25, 0.3) is 0 Å². The maximum Gasteiger partial charge on any atom is 0.309 e. The van der Waals surface area contributed by atoms with E-state index in [0.29, 0.717) is 58.0 Å². The first kappa shape index (κ1) is 48.2. The van der Waals surface area contributed by atoms with E-state index in [1.165, 1.54) is 0 Å². The van der Waals surface area contributed by atoms with Crippen LogP contribution < -0.4 is 5.48 Å². The van der Waals surface area contributed by atoms with Crippen LogP contribution in [0.15, 0.2) is 42.5 Å². The molecule has 12 heteroatoms. The second-order valence-corrected chi connectivity index (χ2v) is 19.8. The Hall–Kier alpha value is -2.26. The molecule has 18 atom stereocenters. The second-order valence-electron chi connectivity index (χ2n) is 19.8. The molecule has 5 heterocycles. The van der Waals surface area contributed by atoms with Crippen LogP contribution in [0.1, 0.15) is 139 Å². The number of hydroxylamine groups is 1. The SMILES string of the molecule is CCC(C(=O)O)C1CC[C@H](C)C([C@@H](C)[C@H](O)[C@H](C)C(=O)[C@H](CC)[C@H]2O[C@]3(C=C[C@@H](NOCc4ccccc4)[C@]4(CC[C@@](C)([C@H]5CC[C@](O)(CC)[C@H](C)O5)O4)O3)[C@H](C)C[C@@H]2C)O1. The number of nitrogens with one attached hydrogen (secondary N) is 1. The van der Waals surface area contributed by atoms with E-state index < -0.39 is 76.8 Å². The highest BCUT2D eigenvalue weighted by atomic mass is 16.8. The van der Waals surface area contributed by atoms with Crippen molar-refractivity contribution in [2.75, 3.05) is 0 Å². The van der Waals surface area contributed by atoms with Crippen LogP contribution in [0, 0.1) is 41.4 Å². The predicted molar refractivity (Wildman–Crippen MR) is 231 cm³/mol. The number of ether oxygens (including phenoxy) is 5. The number of aliphatic hydroxyl groups is 2. The minimum absolute atomic E-state index is 0.0166. The molecular formula is C49H77NO11. The summed E-state index contributed by atoms with van der Waals surface area (Å²) in [5.74, 6) is -5.56. The van der Waals surface area contributed by atoms with E-state index in [9.17, 15) is 24.9 Å². The maximum absolute atomic E-state index is 14.7. The van der Waals surface area contributed by atoms with E-state index in [2.05, 4.69) is 33.2 Å². The van der Waals surface area contributed by atoms with Gasteiger partial charge in [-0.3, -0.25) is 14.4 Å². The van der Waals surface area contributed by atoms with Gasteiger partial charge >= 0.3 is 5.97 Å². The molecule has 0 radical (unpaired) electrons. The maximum atomic E-state index is 14.7. The second kappa shape index (κ2) is 19.5. The average Bonchev–Trinajstić information content (AvgIpc) is 3.58. The third-order valence-corrected chi connectivity index (χ3v) is 15.8. The first-order valence-corrected chi connectivity index (χ1v) is 23.5. The lowest BCUT2D eigenvalue weighted by atomic mass is 9.72. The molecule has 12 nitrogen and oxygen atoms in total. The number of carbonyl (C=O) groups excluding carboxylic acids is 1. The van der Waals surface area contributed by atoms with E-state index in [0.717, 1.165) is 18.4 Å². The van der Waals surface area contributed by atoms with Crippen molar-refractivity contribution in [2.24, 2.45) is 41.4 Å². The monoisotopic (exact) mass is 856 g/mol. The normalized spacial score (nSPS) is 41.6. The van der Waals surface area contributed by atoms with Crippen LogP contribution in [0.4, 0.5) is 0 Å². The fourth-order valence-electron chi connectivity index (χ4n) is 11.4. The van der Waals surface area contributed by atoms with Crippen LogP contribution in [0.3, 0.4) is 0 Å². The van der Waals surface area contributed by atoms with Crippen LogP contribution in [0.5, 0.6) is 0 Å². The third-order valence-electron chi connectivity index (χ3n) is 15.8. The van der Waals surface area contributed by atoms with Crippen molar-refractivity contribution in [1.82, 2.24) is 5.48 Å². The number of Topliss-reactive ketones (excluding diaryl/α,β-unsaturated/α-hetero) is 1. The quantitative estimate of drug-likeness (QED) is 0.0941. The van der Waals surface area contributed by atoms with Crippen LogP contribution in [-0.2, 0) is 44.7 Å². The molecule has 344 valence electrons. The van der Waals surface area contributed by atoms with Crippen LogP contribution in [0.2, 0.25) is 0 Å². The van der Waals surface area contributed by atoms with Crippen molar-refractivity contribution in [2.45, 2.75) is 205 Å². The largest absolute Gasteiger partial charge is 0.481 e. The minimum atomic E-state index is -1.22. The lowest BCUT2D eigenvalue weighted by Gasteiger charge is -2.55. The number of benzene rings is 1. The smallest absolute Gasteiger partial charge is 0.309 e. The number of hydrogen-bond acceptors (Lipinski definition) is 11. The number of aliphatic hydroxyl groups excluding tert-OH is 1. The summed E-state index contributed by atoms with van der Waals surface area (Å²) in [6.07, 6.45) is 7.29. The zero-order chi connectivity index (χ0) is 44.5. The Kier molecular flexibility index (Phi) is 15.4. The number of hydrogen-bond donors (Lipinski definition) is 4. The van der Waals surface area contributed by atoms with E-state index >= 15 is 0 Å². The van der Waals surface area contributed by atoms with Gasteiger partial charge < -0.3 is 39.0 Å². The van der Waals surface area contributed by atoms with Gasteiger partial charge in [-0.25, -0.2) is 0 Å². The Morgan fingerprint density at radius 3 is 2.25 bits per heavy atom. The molecule has 1 aromatic carbocycles. The van der Waals surface area contributed by atoms with Crippen molar-refractivity contribution < 1.29 is 53.4 Å². The summed E-state index contributed by atoms with van der Waals surface area (Å²) in [4.78, 5) is 32.8. The highest BCUT2D eigenvalue weighted by Crippen LogP contribution is 2.54. The van der Waals surface area contributed by atoms with Gasteiger partial charge in [0.15, 0.2) is 11.6 Å². The summed E-state index contributed by atoms with van der Waals surface area (Å²) >= 11 is 0. The lowest BCUT2D eigenvalue weighted by molar-refractivity contribution is -0.402. The molecule has 0 aliphatic carbocycles. The van der Waals surface area contributed by atoms with Gasteiger partial charge in [-0.1, -0.05) is 91.8 Å². The molecule has 3 unspecified atom stereocenters. The van der Waals surface area contributed by atoms with Crippen molar-refractivity contribution in [3.8, 4) is 0 Å². The van der Waals surface area contributed by atoms with Gasteiger partial charge in [0.1, 0.15) is 11.8 Å². The Balaban J connectivity index is 1.22. The summed E-state index contributed by atoms with van der Waals surface area (Å²) in [6.45, 7) is 20.3. The first-order valence-electron chi connectivity index (χ1n) is 23.5. The molecule has 61 heavy (non-hydrogen) atoms. The van der Waals surface area contributed by atoms with Crippen molar-refractivity contribution in [1.29, 1.82) is 0 Å². The number of carboxylic acids is 1. The minimum Gasteiger partial charge on any atom is -0.481 e. The average molecular weight is 856 g/mol. The summed E-state index contributed by atoms with van der Waals surface area (Å²) in [6, 6.07) is 9.45. The molecular weight excluding hydrogens is 779 g/mol. The lowest BCUT2D eigenvalue weighted by Crippen LogP contribution is -2.65. The summed E-state index contributed by atoms with van der Waals surface area (Å²) in [5, 5.41) is 33.0. The standard InChI is InChI=1S/C49H77NO11/c1-11-36(45(53)54)38-20-19-29(4)43(58-38)33(8)41(51)32(7)42(52)37(12-2)44-30(5)27-31(6)48(59-44)24-21-39(50-56-28-35-17-15-14-16-18-35)49(61-48)26-25-46(10,60-49)40-22-23-47(55,13-3)34(9)57-40/h14-18,21,24,29-34,36-41,43-44,50-51,55H,11-13,19-20,22-23,25-28H2,1-10H3,(H,53,54)/t29-,30-,31+,32-,33-,34-,36?,37-,38?,39+,40+,41+,43?,44-,46-,47+,48-,49-/m0/s1. The topological polar surface area (TPSA) is 162 Å². The number of ketones is 1. The van der Waals surface area contributed by atoms with Crippen molar-refractivity contribution in [3.63, 3.8) is 0 Å². The van der Waals surface area contributed by atoms with Gasteiger partial charge in [0, 0.05) is 30.1 Å². The molecule has 0 bridgehead atoms.